The van der Waals surface area contributed by atoms with Gasteiger partial charge in [0.1, 0.15) is 0 Å². The zero-order valence-electron chi connectivity index (χ0n) is 9.68. The number of nitrogens with one attached hydrogen (secondary N) is 1. The van der Waals surface area contributed by atoms with Crippen molar-refractivity contribution < 1.29 is 9.47 Å². The van der Waals surface area contributed by atoms with E-state index in [1.165, 1.54) is 0 Å². The average molecular weight is 231 g/mol. The molecule has 5 heteroatoms. The van der Waals surface area contributed by atoms with Gasteiger partial charge in [-0.05, 0) is 12.1 Å². The van der Waals surface area contributed by atoms with Crippen LogP contribution in [0.3, 0.4) is 0 Å². The minimum Gasteiger partial charge on any atom is -0.481 e. The van der Waals surface area contributed by atoms with Gasteiger partial charge < -0.3 is 14.8 Å². The van der Waals surface area contributed by atoms with E-state index < -0.39 is 0 Å². The van der Waals surface area contributed by atoms with Crippen molar-refractivity contribution in [3.05, 3.63) is 36.7 Å². The van der Waals surface area contributed by atoms with Gasteiger partial charge in [0.15, 0.2) is 0 Å². The first-order valence-corrected chi connectivity index (χ1v) is 5.09. The van der Waals surface area contributed by atoms with Gasteiger partial charge in [0.05, 0.1) is 38.0 Å². The third-order valence-electron chi connectivity index (χ3n) is 2.18. The number of methoxy groups -OCH3 is 2. The van der Waals surface area contributed by atoms with Crippen molar-refractivity contribution in [2.45, 2.75) is 0 Å². The van der Waals surface area contributed by atoms with E-state index in [1.807, 2.05) is 12.1 Å². The summed E-state index contributed by atoms with van der Waals surface area (Å²) in [5, 5.41) is 3.17. The van der Waals surface area contributed by atoms with Gasteiger partial charge in [0.2, 0.25) is 11.8 Å². The molecule has 17 heavy (non-hydrogen) atoms. The molecule has 0 atom stereocenters. The standard InChI is InChI=1S/C12H13N3O2/c1-16-11-5-3-9(7-13-11)15-10-4-6-12(17-2)14-8-10/h3-8,15H,1-2H3. The van der Waals surface area contributed by atoms with E-state index in [0.717, 1.165) is 11.4 Å². The Labute approximate surface area is 99.4 Å². The molecule has 0 saturated carbocycles. The molecule has 0 aliphatic carbocycles. The van der Waals surface area contributed by atoms with Crippen molar-refractivity contribution in [2.24, 2.45) is 0 Å². The number of hydrogen-bond donors (Lipinski definition) is 1. The fourth-order valence-corrected chi connectivity index (χ4v) is 1.32. The molecule has 0 saturated heterocycles. The molecule has 0 radical (unpaired) electrons. The molecular weight excluding hydrogens is 218 g/mol. The highest BCUT2D eigenvalue weighted by Gasteiger charge is 1.98. The molecule has 5 nitrogen and oxygen atoms in total. The molecule has 0 aliphatic heterocycles. The first kappa shape index (κ1) is 11.2. The van der Waals surface area contributed by atoms with Crippen LogP contribution in [0.2, 0.25) is 0 Å². The van der Waals surface area contributed by atoms with E-state index in [-0.39, 0.29) is 0 Å². The SMILES string of the molecule is COc1ccc(Nc2ccc(OC)nc2)cn1. The monoisotopic (exact) mass is 231 g/mol. The van der Waals surface area contributed by atoms with Crippen molar-refractivity contribution in [3.8, 4) is 11.8 Å². The van der Waals surface area contributed by atoms with Crippen LogP contribution < -0.4 is 14.8 Å². The molecule has 0 unspecified atom stereocenters. The lowest BCUT2D eigenvalue weighted by Gasteiger charge is -2.06. The number of rotatable bonds is 4. The Hall–Kier alpha value is -2.30. The van der Waals surface area contributed by atoms with Crippen LogP contribution in [0.5, 0.6) is 11.8 Å². The molecule has 0 bridgehead atoms. The van der Waals surface area contributed by atoms with Crippen LogP contribution in [-0.2, 0) is 0 Å². The van der Waals surface area contributed by atoms with E-state index in [2.05, 4.69) is 15.3 Å². The maximum Gasteiger partial charge on any atom is 0.213 e. The Morgan fingerprint density at radius 3 is 1.59 bits per heavy atom. The van der Waals surface area contributed by atoms with Gasteiger partial charge in [-0.1, -0.05) is 0 Å². The Balaban J connectivity index is 2.08. The lowest BCUT2D eigenvalue weighted by molar-refractivity contribution is 0.398. The van der Waals surface area contributed by atoms with Gasteiger partial charge in [-0.25, -0.2) is 9.97 Å². The van der Waals surface area contributed by atoms with Gasteiger partial charge in [0.25, 0.3) is 0 Å². The lowest BCUT2D eigenvalue weighted by atomic mass is 10.3. The summed E-state index contributed by atoms with van der Waals surface area (Å²) >= 11 is 0. The van der Waals surface area contributed by atoms with Crippen LogP contribution in [0.1, 0.15) is 0 Å². The lowest BCUT2D eigenvalue weighted by Crippen LogP contribution is -1.94. The fourth-order valence-electron chi connectivity index (χ4n) is 1.32. The summed E-state index contributed by atoms with van der Waals surface area (Å²) in [6.07, 6.45) is 3.39. The number of aromatic nitrogens is 2. The maximum absolute atomic E-state index is 4.98. The first-order valence-electron chi connectivity index (χ1n) is 5.09. The molecule has 0 amide bonds. The predicted octanol–water partition coefficient (Wildman–Crippen LogP) is 2.24. The van der Waals surface area contributed by atoms with Gasteiger partial charge in [0, 0.05) is 12.1 Å². The molecule has 0 fully saturated rings. The number of hydrogen-bond acceptors (Lipinski definition) is 5. The van der Waals surface area contributed by atoms with Crippen molar-refractivity contribution in [1.82, 2.24) is 9.97 Å². The normalized spacial score (nSPS) is 9.76. The predicted molar refractivity (Wildman–Crippen MR) is 64.9 cm³/mol. The van der Waals surface area contributed by atoms with Crippen LogP contribution in [0, 0.1) is 0 Å². The molecule has 1 N–H and O–H groups in total. The maximum atomic E-state index is 4.98. The summed E-state index contributed by atoms with van der Waals surface area (Å²) < 4.78 is 9.96. The van der Waals surface area contributed by atoms with Crippen LogP contribution in [0.4, 0.5) is 11.4 Å². The molecule has 2 heterocycles. The van der Waals surface area contributed by atoms with Gasteiger partial charge >= 0.3 is 0 Å². The molecular formula is C12H13N3O2. The Kier molecular flexibility index (Phi) is 3.40. The molecule has 2 aromatic rings. The van der Waals surface area contributed by atoms with E-state index in [0.29, 0.717) is 11.8 Å². The van der Waals surface area contributed by atoms with Crippen molar-refractivity contribution in [1.29, 1.82) is 0 Å². The fraction of sp³-hybridized carbons (Fsp3) is 0.167. The van der Waals surface area contributed by atoms with E-state index in [9.17, 15) is 0 Å². The Morgan fingerprint density at radius 1 is 0.824 bits per heavy atom. The Morgan fingerprint density at radius 2 is 1.29 bits per heavy atom. The number of nitrogens with zero attached hydrogens (tertiary/aromatic N) is 2. The van der Waals surface area contributed by atoms with Crippen molar-refractivity contribution >= 4 is 11.4 Å². The third-order valence-corrected chi connectivity index (χ3v) is 2.18. The van der Waals surface area contributed by atoms with Crippen LogP contribution in [0.25, 0.3) is 0 Å². The van der Waals surface area contributed by atoms with Gasteiger partial charge in [-0.15, -0.1) is 0 Å². The summed E-state index contributed by atoms with van der Waals surface area (Å²) in [5.41, 5.74) is 1.75. The summed E-state index contributed by atoms with van der Waals surface area (Å²) in [4.78, 5) is 8.19. The third kappa shape index (κ3) is 2.84. The zero-order chi connectivity index (χ0) is 12.1. The largest absolute Gasteiger partial charge is 0.481 e. The zero-order valence-corrected chi connectivity index (χ0v) is 9.68. The molecule has 88 valence electrons. The first-order chi connectivity index (χ1) is 8.31. The molecule has 0 spiro atoms. The smallest absolute Gasteiger partial charge is 0.213 e. The highest BCUT2D eigenvalue weighted by Crippen LogP contribution is 2.18. The molecule has 0 aromatic carbocycles. The summed E-state index contributed by atoms with van der Waals surface area (Å²) in [5.74, 6) is 1.17. The molecule has 2 aromatic heterocycles. The van der Waals surface area contributed by atoms with Crippen LogP contribution >= 0.6 is 0 Å². The highest BCUT2D eigenvalue weighted by molar-refractivity contribution is 5.58. The second-order valence-corrected chi connectivity index (χ2v) is 3.30. The second kappa shape index (κ2) is 5.16. The van der Waals surface area contributed by atoms with Gasteiger partial charge in [-0.3, -0.25) is 0 Å². The average Bonchev–Trinajstić information content (AvgIpc) is 2.40. The summed E-state index contributed by atoms with van der Waals surface area (Å²) in [6, 6.07) is 7.35. The quantitative estimate of drug-likeness (QED) is 0.874. The van der Waals surface area contributed by atoms with Crippen molar-refractivity contribution in [3.63, 3.8) is 0 Å². The van der Waals surface area contributed by atoms with Gasteiger partial charge in [-0.2, -0.15) is 0 Å². The topological polar surface area (TPSA) is 56.3 Å². The van der Waals surface area contributed by atoms with Crippen LogP contribution in [-0.4, -0.2) is 24.2 Å². The minimum atomic E-state index is 0.586. The van der Waals surface area contributed by atoms with Crippen molar-refractivity contribution in [2.75, 3.05) is 19.5 Å². The van der Waals surface area contributed by atoms with E-state index in [1.54, 1.807) is 38.7 Å². The minimum absolute atomic E-state index is 0.586. The summed E-state index contributed by atoms with van der Waals surface area (Å²) in [7, 11) is 3.17. The number of ether oxygens (including phenoxy) is 2. The Bertz CT molecular complexity index is 423. The molecule has 2 rings (SSSR count). The van der Waals surface area contributed by atoms with E-state index in [4.69, 9.17) is 9.47 Å². The number of pyridine rings is 2. The summed E-state index contributed by atoms with van der Waals surface area (Å²) in [6.45, 7) is 0. The van der Waals surface area contributed by atoms with E-state index >= 15 is 0 Å². The second-order valence-electron chi connectivity index (χ2n) is 3.30. The van der Waals surface area contributed by atoms with Crippen LogP contribution in [0.15, 0.2) is 36.7 Å². The highest BCUT2D eigenvalue weighted by atomic mass is 16.5. The molecule has 0 aliphatic rings. The number of anilines is 2.